The number of methoxy groups -OCH3 is 2. The van der Waals surface area contributed by atoms with Crippen LogP contribution in [0.1, 0.15) is 37.2 Å². The Bertz CT molecular complexity index is 695. The summed E-state index contributed by atoms with van der Waals surface area (Å²) < 4.78 is 17.1. The second-order valence-electron chi connectivity index (χ2n) is 6.40. The zero-order valence-electron chi connectivity index (χ0n) is 14.5. The molecular formula is C20H24O4. The van der Waals surface area contributed by atoms with Gasteiger partial charge in [-0.15, -0.1) is 0 Å². The van der Waals surface area contributed by atoms with Crippen LogP contribution in [0, 0.1) is 11.8 Å². The van der Waals surface area contributed by atoms with E-state index in [1.165, 1.54) is 0 Å². The number of benzene rings is 2. The van der Waals surface area contributed by atoms with Gasteiger partial charge in [0.05, 0.1) is 26.4 Å². The molecule has 4 nitrogen and oxygen atoms in total. The molecule has 1 heterocycles. The van der Waals surface area contributed by atoms with Gasteiger partial charge in [0.1, 0.15) is 5.75 Å². The third-order valence-electron chi connectivity index (χ3n) is 5.04. The quantitative estimate of drug-likeness (QED) is 0.898. The third kappa shape index (κ3) is 2.94. The molecule has 0 unspecified atom stereocenters. The molecule has 2 aromatic rings. The van der Waals surface area contributed by atoms with Gasteiger partial charge in [0.25, 0.3) is 0 Å². The monoisotopic (exact) mass is 328 g/mol. The van der Waals surface area contributed by atoms with Crippen LogP contribution in [0.5, 0.6) is 17.2 Å². The fourth-order valence-corrected chi connectivity index (χ4v) is 3.42. The smallest absolute Gasteiger partial charge is 0.161 e. The Kier molecular flexibility index (Phi) is 4.67. The molecule has 0 aliphatic carbocycles. The molecule has 2 aromatic carbocycles. The van der Waals surface area contributed by atoms with Gasteiger partial charge in [0, 0.05) is 0 Å². The lowest BCUT2D eigenvalue weighted by Crippen LogP contribution is -2.10. The van der Waals surface area contributed by atoms with Crippen molar-refractivity contribution in [2.24, 2.45) is 11.8 Å². The molecule has 4 atom stereocenters. The number of ether oxygens (including phenoxy) is 3. The molecule has 1 fully saturated rings. The summed E-state index contributed by atoms with van der Waals surface area (Å²) in [6.45, 7) is 4.43. The van der Waals surface area contributed by atoms with E-state index < -0.39 is 0 Å². The van der Waals surface area contributed by atoms with Crippen LogP contribution in [-0.4, -0.2) is 19.3 Å². The van der Waals surface area contributed by atoms with Gasteiger partial charge in [0.2, 0.25) is 0 Å². The average molecular weight is 328 g/mol. The maximum atomic E-state index is 9.49. The van der Waals surface area contributed by atoms with E-state index in [1.807, 2.05) is 30.3 Å². The second kappa shape index (κ2) is 6.73. The summed E-state index contributed by atoms with van der Waals surface area (Å²) in [5.74, 6) is 2.44. The van der Waals surface area contributed by atoms with Gasteiger partial charge in [0.15, 0.2) is 11.5 Å². The first kappa shape index (κ1) is 16.7. The summed E-state index contributed by atoms with van der Waals surface area (Å²) in [4.78, 5) is 0. The van der Waals surface area contributed by atoms with Crippen LogP contribution in [0.2, 0.25) is 0 Å². The summed E-state index contributed by atoms with van der Waals surface area (Å²) in [6.07, 6.45) is 0.0114. The van der Waals surface area contributed by atoms with E-state index in [9.17, 15) is 5.11 Å². The minimum absolute atomic E-state index is 0.00129. The van der Waals surface area contributed by atoms with E-state index in [-0.39, 0.29) is 18.0 Å². The lowest BCUT2D eigenvalue weighted by atomic mass is 9.85. The molecule has 1 N–H and O–H groups in total. The zero-order chi connectivity index (χ0) is 17.3. The Morgan fingerprint density at radius 3 is 1.92 bits per heavy atom. The average Bonchev–Trinajstić information content (AvgIpc) is 2.90. The Morgan fingerprint density at radius 2 is 1.33 bits per heavy atom. The first-order valence-electron chi connectivity index (χ1n) is 8.21. The molecule has 0 amide bonds. The Hall–Kier alpha value is -2.20. The van der Waals surface area contributed by atoms with Gasteiger partial charge in [-0.05, 0) is 47.2 Å². The number of hydrogen-bond donors (Lipinski definition) is 1. The summed E-state index contributed by atoms with van der Waals surface area (Å²) in [5.41, 5.74) is 2.18. The van der Waals surface area contributed by atoms with Crippen LogP contribution in [0.25, 0.3) is 0 Å². The number of aromatic hydroxyl groups is 1. The topological polar surface area (TPSA) is 47.9 Å². The molecule has 3 rings (SSSR count). The van der Waals surface area contributed by atoms with Crippen molar-refractivity contribution in [3.63, 3.8) is 0 Å². The summed E-state index contributed by atoms with van der Waals surface area (Å²) in [6, 6.07) is 13.2. The molecule has 128 valence electrons. The van der Waals surface area contributed by atoms with Gasteiger partial charge in [-0.25, -0.2) is 0 Å². The van der Waals surface area contributed by atoms with Crippen molar-refractivity contribution in [2.45, 2.75) is 26.1 Å². The molecule has 0 spiro atoms. The fraction of sp³-hybridized carbons (Fsp3) is 0.400. The van der Waals surface area contributed by atoms with Crippen molar-refractivity contribution in [1.29, 1.82) is 0 Å². The number of phenolic OH excluding ortho intramolecular Hbond substituents is 1. The number of rotatable bonds is 4. The maximum absolute atomic E-state index is 9.49. The van der Waals surface area contributed by atoms with Crippen LogP contribution in [0.3, 0.4) is 0 Å². The van der Waals surface area contributed by atoms with E-state index in [2.05, 4.69) is 13.8 Å². The zero-order valence-corrected chi connectivity index (χ0v) is 14.5. The predicted octanol–water partition coefficient (Wildman–Crippen LogP) is 4.49. The summed E-state index contributed by atoms with van der Waals surface area (Å²) >= 11 is 0. The molecule has 0 aromatic heterocycles. The van der Waals surface area contributed by atoms with Crippen molar-refractivity contribution in [3.05, 3.63) is 53.6 Å². The summed E-state index contributed by atoms with van der Waals surface area (Å²) in [5, 5.41) is 9.49. The van der Waals surface area contributed by atoms with Crippen molar-refractivity contribution in [3.8, 4) is 17.2 Å². The van der Waals surface area contributed by atoms with Gasteiger partial charge in [-0.2, -0.15) is 0 Å². The second-order valence-corrected chi connectivity index (χ2v) is 6.40. The van der Waals surface area contributed by atoms with E-state index in [1.54, 1.807) is 26.4 Å². The number of hydrogen-bond acceptors (Lipinski definition) is 4. The SMILES string of the molecule is COc1ccc([C@@H]2O[C@H](c3ccc(O)cc3)[C@@H](C)[C@H]2C)cc1OC. The lowest BCUT2D eigenvalue weighted by molar-refractivity contribution is 0.0289. The molecule has 1 saturated heterocycles. The molecule has 0 saturated carbocycles. The van der Waals surface area contributed by atoms with E-state index in [0.29, 0.717) is 17.6 Å². The minimum atomic E-state index is -0.00129. The highest BCUT2D eigenvalue weighted by molar-refractivity contribution is 5.44. The highest BCUT2D eigenvalue weighted by Gasteiger charge is 2.40. The molecule has 0 bridgehead atoms. The Morgan fingerprint density at radius 1 is 0.792 bits per heavy atom. The van der Waals surface area contributed by atoms with Crippen LogP contribution in [-0.2, 0) is 4.74 Å². The molecule has 24 heavy (non-hydrogen) atoms. The molecule has 4 heteroatoms. The minimum Gasteiger partial charge on any atom is -0.508 e. The highest BCUT2D eigenvalue weighted by Crippen LogP contribution is 2.49. The normalized spacial score (nSPS) is 26.3. The molecule has 0 radical (unpaired) electrons. The van der Waals surface area contributed by atoms with Crippen LogP contribution < -0.4 is 9.47 Å². The third-order valence-corrected chi connectivity index (χ3v) is 5.04. The van der Waals surface area contributed by atoms with E-state index >= 15 is 0 Å². The lowest BCUT2D eigenvalue weighted by Gasteiger charge is -2.18. The molecule has 1 aliphatic rings. The van der Waals surface area contributed by atoms with Crippen LogP contribution in [0.15, 0.2) is 42.5 Å². The standard InChI is InChI=1S/C20H24O4/c1-12-13(2)20(15-7-10-17(22-3)18(11-15)23-4)24-19(12)14-5-8-16(21)9-6-14/h5-13,19-21H,1-4H3/t12-,13+,19-,20+/m0/s1. The number of phenols is 1. The predicted molar refractivity (Wildman–Crippen MR) is 92.5 cm³/mol. The first-order valence-corrected chi connectivity index (χ1v) is 8.21. The van der Waals surface area contributed by atoms with Crippen LogP contribution in [0.4, 0.5) is 0 Å². The van der Waals surface area contributed by atoms with Crippen molar-refractivity contribution < 1.29 is 19.3 Å². The van der Waals surface area contributed by atoms with E-state index in [0.717, 1.165) is 16.9 Å². The van der Waals surface area contributed by atoms with Crippen molar-refractivity contribution in [1.82, 2.24) is 0 Å². The van der Waals surface area contributed by atoms with E-state index in [4.69, 9.17) is 14.2 Å². The first-order chi connectivity index (χ1) is 11.5. The Labute approximate surface area is 143 Å². The molecule has 1 aliphatic heterocycles. The molecular weight excluding hydrogens is 304 g/mol. The van der Waals surface area contributed by atoms with Crippen molar-refractivity contribution in [2.75, 3.05) is 14.2 Å². The van der Waals surface area contributed by atoms with Gasteiger partial charge < -0.3 is 19.3 Å². The van der Waals surface area contributed by atoms with Gasteiger partial charge in [-0.3, -0.25) is 0 Å². The largest absolute Gasteiger partial charge is 0.508 e. The van der Waals surface area contributed by atoms with Crippen molar-refractivity contribution >= 4 is 0 Å². The van der Waals surface area contributed by atoms with Gasteiger partial charge >= 0.3 is 0 Å². The fourth-order valence-electron chi connectivity index (χ4n) is 3.42. The highest BCUT2D eigenvalue weighted by atomic mass is 16.5. The Balaban J connectivity index is 1.88. The van der Waals surface area contributed by atoms with Gasteiger partial charge in [-0.1, -0.05) is 32.0 Å². The van der Waals surface area contributed by atoms with Crippen LogP contribution >= 0.6 is 0 Å². The maximum Gasteiger partial charge on any atom is 0.161 e. The summed E-state index contributed by atoms with van der Waals surface area (Å²) in [7, 11) is 3.28.